The third kappa shape index (κ3) is 5.67. The van der Waals surface area contributed by atoms with E-state index in [9.17, 15) is 18.0 Å². The van der Waals surface area contributed by atoms with Gasteiger partial charge >= 0.3 is 12.1 Å². The zero-order chi connectivity index (χ0) is 14.7. The van der Waals surface area contributed by atoms with Crippen molar-refractivity contribution >= 4 is 5.97 Å². The van der Waals surface area contributed by atoms with Gasteiger partial charge in [-0.05, 0) is 32.8 Å². The first-order valence-corrected chi connectivity index (χ1v) is 5.68. The summed E-state index contributed by atoms with van der Waals surface area (Å²) in [6.45, 7) is 5.23. The van der Waals surface area contributed by atoms with E-state index in [2.05, 4.69) is 9.97 Å². The lowest BCUT2D eigenvalue weighted by Gasteiger charge is -2.19. The van der Waals surface area contributed by atoms with Gasteiger partial charge < -0.3 is 4.74 Å². The largest absolute Gasteiger partial charge is 0.460 e. The van der Waals surface area contributed by atoms with Crippen LogP contribution in [0, 0.1) is 0 Å². The Morgan fingerprint density at radius 3 is 2.16 bits per heavy atom. The molecule has 0 fully saturated rings. The maximum absolute atomic E-state index is 12.2. The minimum absolute atomic E-state index is 0.0754. The fraction of sp³-hybridized carbons (Fsp3) is 0.583. The molecule has 0 aliphatic heterocycles. The number of alkyl halides is 3. The summed E-state index contributed by atoms with van der Waals surface area (Å²) in [4.78, 5) is 17.8. The molecule has 0 saturated heterocycles. The SMILES string of the molecule is CC(C)(C)OC(=O)CCc1cnc(C(F)(F)F)nc1. The first-order chi connectivity index (χ1) is 8.58. The molecule has 1 aromatic rings. The summed E-state index contributed by atoms with van der Waals surface area (Å²) in [6, 6.07) is 0. The third-order valence-electron chi connectivity index (χ3n) is 2.00. The lowest BCUT2D eigenvalue weighted by molar-refractivity contribution is -0.154. The van der Waals surface area contributed by atoms with Crippen LogP contribution in [0.3, 0.4) is 0 Å². The fourth-order valence-electron chi connectivity index (χ4n) is 1.27. The molecular formula is C12H15F3N2O2. The molecule has 4 nitrogen and oxygen atoms in total. The zero-order valence-corrected chi connectivity index (χ0v) is 10.9. The summed E-state index contributed by atoms with van der Waals surface area (Å²) in [5, 5.41) is 0. The highest BCUT2D eigenvalue weighted by atomic mass is 19.4. The van der Waals surface area contributed by atoms with Gasteiger partial charge in [0.2, 0.25) is 5.82 Å². The summed E-state index contributed by atoms with van der Waals surface area (Å²) < 4.78 is 41.7. The molecule has 0 aromatic carbocycles. The quantitative estimate of drug-likeness (QED) is 0.796. The van der Waals surface area contributed by atoms with Crippen LogP contribution in [0.2, 0.25) is 0 Å². The Kier molecular flexibility index (Phi) is 4.49. The summed E-state index contributed by atoms with van der Waals surface area (Å²) in [6.07, 6.45) is -2.09. The number of hydrogen-bond acceptors (Lipinski definition) is 4. The van der Waals surface area contributed by atoms with Gasteiger partial charge in [0.1, 0.15) is 5.60 Å². The number of carbonyl (C=O) groups is 1. The van der Waals surface area contributed by atoms with E-state index in [4.69, 9.17) is 4.74 Å². The van der Waals surface area contributed by atoms with E-state index in [1.165, 1.54) is 0 Å². The van der Waals surface area contributed by atoms with Gasteiger partial charge in [0.05, 0.1) is 0 Å². The molecule has 19 heavy (non-hydrogen) atoms. The van der Waals surface area contributed by atoms with Crippen molar-refractivity contribution in [1.29, 1.82) is 0 Å². The minimum Gasteiger partial charge on any atom is -0.460 e. The van der Waals surface area contributed by atoms with Gasteiger partial charge in [0.25, 0.3) is 0 Å². The number of aryl methyl sites for hydroxylation is 1. The number of halogens is 3. The lowest BCUT2D eigenvalue weighted by atomic mass is 10.1. The van der Waals surface area contributed by atoms with E-state index < -0.39 is 23.6 Å². The molecule has 0 N–H and O–H groups in total. The number of nitrogens with zero attached hydrogens (tertiary/aromatic N) is 2. The van der Waals surface area contributed by atoms with Crippen LogP contribution in [0.25, 0.3) is 0 Å². The van der Waals surface area contributed by atoms with Crippen LogP contribution in [-0.4, -0.2) is 21.5 Å². The van der Waals surface area contributed by atoms with Crippen LogP contribution in [0.4, 0.5) is 13.2 Å². The number of aromatic nitrogens is 2. The molecule has 0 spiro atoms. The molecule has 0 unspecified atom stereocenters. The molecule has 1 rings (SSSR count). The van der Waals surface area contributed by atoms with Crippen molar-refractivity contribution in [2.45, 2.75) is 45.4 Å². The Hall–Kier alpha value is -1.66. The zero-order valence-electron chi connectivity index (χ0n) is 10.9. The second-order valence-electron chi connectivity index (χ2n) is 5.00. The standard InChI is InChI=1S/C12H15F3N2O2/c1-11(2,3)19-9(18)5-4-8-6-16-10(17-7-8)12(13,14)15/h6-7H,4-5H2,1-3H3. The predicted octanol–water partition coefficient (Wildman–Crippen LogP) is 2.77. The van der Waals surface area contributed by atoms with Crippen LogP contribution in [0.1, 0.15) is 38.6 Å². The van der Waals surface area contributed by atoms with Crippen molar-refractivity contribution in [3.8, 4) is 0 Å². The maximum atomic E-state index is 12.2. The highest BCUT2D eigenvalue weighted by Gasteiger charge is 2.34. The van der Waals surface area contributed by atoms with Gasteiger partial charge in [-0.25, -0.2) is 9.97 Å². The number of esters is 1. The minimum atomic E-state index is -4.55. The van der Waals surface area contributed by atoms with Crippen molar-refractivity contribution in [3.63, 3.8) is 0 Å². The molecule has 1 aromatic heterocycles. The summed E-state index contributed by atoms with van der Waals surface area (Å²) in [7, 11) is 0. The topological polar surface area (TPSA) is 52.1 Å². The Bertz CT molecular complexity index is 436. The Morgan fingerprint density at radius 1 is 1.21 bits per heavy atom. The molecule has 1 heterocycles. The molecule has 106 valence electrons. The van der Waals surface area contributed by atoms with Crippen LogP contribution in [0.15, 0.2) is 12.4 Å². The Labute approximate surface area is 109 Å². The Morgan fingerprint density at radius 2 is 1.74 bits per heavy atom. The molecular weight excluding hydrogens is 261 g/mol. The van der Waals surface area contributed by atoms with Crippen molar-refractivity contribution in [2.75, 3.05) is 0 Å². The van der Waals surface area contributed by atoms with Crippen molar-refractivity contribution in [2.24, 2.45) is 0 Å². The van der Waals surface area contributed by atoms with E-state index >= 15 is 0 Å². The first kappa shape index (κ1) is 15.4. The molecule has 0 radical (unpaired) electrons. The maximum Gasteiger partial charge on any atom is 0.451 e. The molecule has 0 atom stereocenters. The van der Waals surface area contributed by atoms with Gasteiger partial charge in [-0.2, -0.15) is 13.2 Å². The predicted molar refractivity (Wildman–Crippen MR) is 61.2 cm³/mol. The van der Waals surface area contributed by atoms with Gasteiger partial charge in [0, 0.05) is 18.8 Å². The number of hydrogen-bond donors (Lipinski definition) is 0. The molecule has 7 heteroatoms. The van der Waals surface area contributed by atoms with Crippen LogP contribution < -0.4 is 0 Å². The number of carbonyl (C=O) groups excluding carboxylic acids is 1. The number of ether oxygens (including phenoxy) is 1. The summed E-state index contributed by atoms with van der Waals surface area (Å²) in [5.41, 5.74) is -0.118. The highest BCUT2D eigenvalue weighted by molar-refractivity contribution is 5.70. The van der Waals surface area contributed by atoms with E-state index in [0.29, 0.717) is 5.56 Å². The fourth-order valence-corrected chi connectivity index (χ4v) is 1.27. The van der Waals surface area contributed by atoms with Crippen LogP contribution >= 0.6 is 0 Å². The first-order valence-electron chi connectivity index (χ1n) is 5.68. The summed E-state index contributed by atoms with van der Waals surface area (Å²) >= 11 is 0. The molecule has 0 aliphatic carbocycles. The van der Waals surface area contributed by atoms with Crippen LogP contribution in [0.5, 0.6) is 0 Å². The van der Waals surface area contributed by atoms with E-state index in [0.717, 1.165) is 12.4 Å². The van der Waals surface area contributed by atoms with Crippen molar-refractivity contribution in [3.05, 3.63) is 23.8 Å². The van der Waals surface area contributed by atoms with E-state index in [1.807, 2.05) is 0 Å². The second-order valence-corrected chi connectivity index (χ2v) is 5.00. The second kappa shape index (κ2) is 5.54. The average molecular weight is 276 g/mol. The normalized spacial score (nSPS) is 12.3. The molecule has 0 amide bonds. The van der Waals surface area contributed by atoms with Crippen molar-refractivity contribution in [1.82, 2.24) is 9.97 Å². The number of rotatable bonds is 3. The monoisotopic (exact) mass is 276 g/mol. The van der Waals surface area contributed by atoms with Crippen molar-refractivity contribution < 1.29 is 22.7 Å². The lowest BCUT2D eigenvalue weighted by Crippen LogP contribution is -2.24. The smallest absolute Gasteiger partial charge is 0.451 e. The molecule has 0 saturated carbocycles. The van der Waals surface area contributed by atoms with Gasteiger partial charge in [-0.3, -0.25) is 4.79 Å². The van der Waals surface area contributed by atoms with Crippen LogP contribution in [-0.2, 0) is 22.1 Å². The van der Waals surface area contributed by atoms with E-state index in [1.54, 1.807) is 20.8 Å². The molecule has 0 bridgehead atoms. The third-order valence-corrected chi connectivity index (χ3v) is 2.00. The van der Waals surface area contributed by atoms with Gasteiger partial charge in [-0.15, -0.1) is 0 Å². The van der Waals surface area contributed by atoms with E-state index in [-0.39, 0.29) is 12.8 Å². The van der Waals surface area contributed by atoms with Gasteiger partial charge in [-0.1, -0.05) is 0 Å². The van der Waals surface area contributed by atoms with Gasteiger partial charge in [0.15, 0.2) is 0 Å². The Balaban J connectivity index is 2.53. The summed E-state index contributed by atoms with van der Waals surface area (Å²) in [5.74, 6) is -1.60. The highest BCUT2D eigenvalue weighted by Crippen LogP contribution is 2.25. The average Bonchev–Trinajstić information content (AvgIpc) is 2.23. The molecule has 0 aliphatic rings.